The van der Waals surface area contributed by atoms with Gasteiger partial charge in [0.1, 0.15) is 5.76 Å². The van der Waals surface area contributed by atoms with Gasteiger partial charge < -0.3 is 14.3 Å². The summed E-state index contributed by atoms with van der Waals surface area (Å²) in [5.74, 6) is 2.19. The second kappa shape index (κ2) is 6.60. The van der Waals surface area contributed by atoms with E-state index in [1.54, 1.807) is 11.8 Å². The molecule has 0 aromatic carbocycles. The molecule has 0 aliphatic carbocycles. The van der Waals surface area contributed by atoms with E-state index in [1.165, 1.54) is 7.11 Å². The van der Waals surface area contributed by atoms with Crippen LogP contribution in [0.2, 0.25) is 0 Å². The molecule has 0 bridgehead atoms. The van der Waals surface area contributed by atoms with Crippen LogP contribution < -0.4 is 0 Å². The van der Waals surface area contributed by atoms with Crippen molar-refractivity contribution in [2.24, 2.45) is 0 Å². The third-order valence-electron chi connectivity index (χ3n) is 2.03. The molecule has 0 fully saturated rings. The lowest BCUT2D eigenvalue weighted by Crippen LogP contribution is -2.00. The second-order valence-corrected chi connectivity index (χ2v) is 4.45. The number of ether oxygens (including phenoxy) is 1. The average molecular weight is 244 g/mol. The molecule has 1 N–H and O–H groups in total. The Bertz CT molecular complexity index is 346. The summed E-state index contributed by atoms with van der Waals surface area (Å²) in [5, 5.41) is 8.62. The molecule has 0 saturated carbocycles. The predicted molar refractivity (Wildman–Crippen MR) is 62.6 cm³/mol. The lowest BCUT2D eigenvalue weighted by Gasteiger charge is -1.97. The summed E-state index contributed by atoms with van der Waals surface area (Å²) in [6.07, 6.45) is 0.772. The Morgan fingerprint density at radius 2 is 2.38 bits per heavy atom. The molecule has 1 aromatic rings. The first-order chi connectivity index (χ1) is 7.69. The van der Waals surface area contributed by atoms with Crippen LogP contribution in [-0.2, 0) is 10.5 Å². The zero-order chi connectivity index (χ0) is 12.0. The van der Waals surface area contributed by atoms with Crippen molar-refractivity contribution in [2.75, 3.05) is 19.5 Å². The molecule has 0 spiro atoms. The van der Waals surface area contributed by atoms with Crippen molar-refractivity contribution >= 4 is 17.7 Å². The monoisotopic (exact) mass is 244 g/mol. The number of carbonyl (C=O) groups excluding carboxylic acids is 1. The highest BCUT2D eigenvalue weighted by Crippen LogP contribution is 2.20. The summed E-state index contributed by atoms with van der Waals surface area (Å²) in [6, 6.07) is 1.85. The van der Waals surface area contributed by atoms with Gasteiger partial charge in [0, 0.05) is 12.2 Å². The number of rotatable bonds is 6. The highest BCUT2D eigenvalue weighted by atomic mass is 32.2. The third-order valence-corrected chi connectivity index (χ3v) is 3.10. The van der Waals surface area contributed by atoms with E-state index in [4.69, 9.17) is 9.52 Å². The fourth-order valence-electron chi connectivity index (χ4n) is 1.25. The standard InChI is InChI=1S/C11H16O4S/c1-8-6-9(7-16-5-3-4-12)15-10(8)11(13)14-2/h6,12H,3-5,7H2,1-2H3. The van der Waals surface area contributed by atoms with Crippen LogP contribution in [0.15, 0.2) is 10.5 Å². The maximum Gasteiger partial charge on any atom is 0.374 e. The Hall–Kier alpha value is -0.940. The number of methoxy groups -OCH3 is 1. The molecule has 1 rings (SSSR count). The first-order valence-corrected chi connectivity index (χ1v) is 6.20. The van der Waals surface area contributed by atoms with E-state index in [9.17, 15) is 4.79 Å². The maximum atomic E-state index is 11.3. The van der Waals surface area contributed by atoms with Crippen LogP contribution in [0.5, 0.6) is 0 Å². The van der Waals surface area contributed by atoms with Gasteiger partial charge in [0.15, 0.2) is 0 Å². The summed E-state index contributed by atoms with van der Waals surface area (Å²) in [4.78, 5) is 11.3. The van der Waals surface area contributed by atoms with Crippen LogP contribution in [0.4, 0.5) is 0 Å². The molecule has 1 aromatic heterocycles. The quantitative estimate of drug-likeness (QED) is 0.612. The number of hydrogen-bond donors (Lipinski definition) is 1. The van der Waals surface area contributed by atoms with Crippen LogP contribution in [0.1, 0.15) is 28.3 Å². The average Bonchev–Trinajstić information content (AvgIpc) is 2.65. The molecule has 0 radical (unpaired) electrons. The van der Waals surface area contributed by atoms with Gasteiger partial charge in [0.25, 0.3) is 0 Å². The van der Waals surface area contributed by atoms with Gasteiger partial charge in [-0.1, -0.05) is 0 Å². The number of aryl methyl sites for hydroxylation is 1. The summed E-state index contributed by atoms with van der Waals surface area (Å²) in [7, 11) is 1.33. The number of aliphatic hydroxyl groups excluding tert-OH is 1. The van der Waals surface area contributed by atoms with Crippen molar-refractivity contribution in [3.8, 4) is 0 Å². The van der Waals surface area contributed by atoms with Crippen LogP contribution in [0.25, 0.3) is 0 Å². The first-order valence-electron chi connectivity index (χ1n) is 5.05. The SMILES string of the molecule is COC(=O)c1oc(CSCCCO)cc1C. The summed E-state index contributed by atoms with van der Waals surface area (Å²) in [5.41, 5.74) is 0.796. The highest BCUT2D eigenvalue weighted by molar-refractivity contribution is 7.98. The number of carbonyl (C=O) groups is 1. The smallest absolute Gasteiger partial charge is 0.374 e. The molecule has 0 unspecified atom stereocenters. The van der Waals surface area contributed by atoms with Crippen molar-refractivity contribution in [2.45, 2.75) is 19.1 Å². The Kier molecular flexibility index (Phi) is 5.42. The van der Waals surface area contributed by atoms with Crippen molar-refractivity contribution in [3.05, 3.63) is 23.2 Å². The molecule has 16 heavy (non-hydrogen) atoms. The largest absolute Gasteiger partial charge is 0.463 e. The van der Waals surface area contributed by atoms with Gasteiger partial charge in [-0.2, -0.15) is 11.8 Å². The minimum Gasteiger partial charge on any atom is -0.463 e. The third kappa shape index (κ3) is 3.57. The molecule has 90 valence electrons. The topological polar surface area (TPSA) is 59.7 Å². The molecule has 0 saturated heterocycles. The van der Waals surface area contributed by atoms with Crippen LogP contribution in [0.3, 0.4) is 0 Å². The summed E-state index contributed by atoms with van der Waals surface area (Å²) >= 11 is 1.67. The lowest BCUT2D eigenvalue weighted by atomic mass is 10.3. The Morgan fingerprint density at radius 3 is 3.00 bits per heavy atom. The van der Waals surface area contributed by atoms with E-state index in [1.807, 2.05) is 13.0 Å². The minimum atomic E-state index is -0.441. The van der Waals surface area contributed by atoms with Gasteiger partial charge in [0.2, 0.25) is 5.76 Å². The molecular formula is C11H16O4S. The van der Waals surface area contributed by atoms with Crippen LogP contribution in [0, 0.1) is 6.92 Å². The summed E-state index contributed by atoms with van der Waals surface area (Å²) in [6.45, 7) is 2.02. The summed E-state index contributed by atoms with van der Waals surface area (Å²) < 4.78 is 9.99. The van der Waals surface area contributed by atoms with Crippen molar-refractivity contribution in [1.82, 2.24) is 0 Å². The van der Waals surface area contributed by atoms with E-state index in [0.29, 0.717) is 5.75 Å². The Labute approximate surface area is 99.0 Å². The van der Waals surface area contributed by atoms with Crippen molar-refractivity contribution in [1.29, 1.82) is 0 Å². The molecule has 1 heterocycles. The van der Waals surface area contributed by atoms with Crippen LogP contribution in [-0.4, -0.2) is 30.5 Å². The molecular weight excluding hydrogens is 228 g/mol. The van der Waals surface area contributed by atoms with Gasteiger partial charge in [-0.25, -0.2) is 4.79 Å². The molecule has 0 aliphatic heterocycles. The molecule has 0 atom stereocenters. The van der Waals surface area contributed by atoms with Crippen molar-refractivity contribution < 1.29 is 19.1 Å². The number of thioether (sulfide) groups is 1. The van der Waals surface area contributed by atoms with E-state index in [2.05, 4.69) is 4.74 Å². The van der Waals surface area contributed by atoms with Gasteiger partial charge in [-0.3, -0.25) is 0 Å². The van der Waals surface area contributed by atoms with Gasteiger partial charge in [-0.15, -0.1) is 0 Å². The van der Waals surface area contributed by atoms with E-state index < -0.39 is 5.97 Å². The lowest BCUT2D eigenvalue weighted by molar-refractivity contribution is 0.0562. The fourth-order valence-corrected chi connectivity index (χ4v) is 2.07. The van der Waals surface area contributed by atoms with Crippen LogP contribution >= 0.6 is 11.8 Å². The molecule has 4 nitrogen and oxygen atoms in total. The predicted octanol–water partition coefficient (Wildman–Crippen LogP) is 1.99. The zero-order valence-electron chi connectivity index (χ0n) is 9.49. The molecule has 0 aliphatic rings. The number of esters is 1. The highest BCUT2D eigenvalue weighted by Gasteiger charge is 2.15. The van der Waals surface area contributed by atoms with Gasteiger partial charge >= 0.3 is 5.97 Å². The van der Waals surface area contributed by atoms with Gasteiger partial charge in [-0.05, 0) is 25.2 Å². The number of hydrogen-bond acceptors (Lipinski definition) is 5. The Balaban J connectivity index is 2.52. The number of furan rings is 1. The normalized spacial score (nSPS) is 10.4. The van der Waals surface area contributed by atoms with Crippen molar-refractivity contribution in [3.63, 3.8) is 0 Å². The minimum absolute atomic E-state index is 0.206. The second-order valence-electron chi connectivity index (χ2n) is 3.35. The van der Waals surface area contributed by atoms with E-state index in [0.717, 1.165) is 23.5 Å². The zero-order valence-corrected chi connectivity index (χ0v) is 10.3. The molecule has 0 amide bonds. The Morgan fingerprint density at radius 1 is 1.62 bits per heavy atom. The maximum absolute atomic E-state index is 11.3. The fraction of sp³-hybridized carbons (Fsp3) is 0.545. The van der Waals surface area contributed by atoms with Gasteiger partial charge in [0.05, 0.1) is 12.9 Å². The van der Waals surface area contributed by atoms with E-state index in [-0.39, 0.29) is 12.4 Å². The number of aliphatic hydroxyl groups is 1. The first kappa shape index (κ1) is 13.1. The van der Waals surface area contributed by atoms with E-state index >= 15 is 0 Å². The molecule has 5 heteroatoms.